The van der Waals surface area contributed by atoms with Gasteiger partial charge in [0.2, 0.25) is 11.8 Å². The van der Waals surface area contributed by atoms with Crippen molar-refractivity contribution in [3.8, 4) is 0 Å². The fourth-order valence-corrected chi connectivity index (χ4v) is 3.14. The van der Waals surface area contributed by atoms with E-state index in [-0.39, 0.29) is 11.8 Å². The van der Waals surface area contributed by atoms with E-state index in [0.717, 1.165) is 24.1 Å². The molecule has 1 fully saturated rings. The molecule has 6 heteroatoms. The summed E-state index contributed by atoms with van der Waals surface area (Å²) in [5, 5.41) is 4.56. The average Bonchev–Trinajstić information content (AvgIpc) is 3.07. The number of anilines is 1. The summed E-state index contributed by atoms with van der Waals surface area (Å²) in [6, 6.07) is 5.64. The minimum absolute atomic E-state index is 0.0384. The van der Waals surface area contributed by atoms with Crippen molar-refractivity contribution in [2.24, 2.45) is 0 Å². The summed E-state index contributed by atoms with van der Waals surface area (Å²) in [4.78, 5) is 18.5. The molecule has 1 aliphatic rings. The van der Waals surface area contributed by atoms with Gasteiger partial charge in [-0.25, -0.2) is 0 Å². The Labute approximate surface area is 134 Å². The van der Waals surface area contributed by atoms with Crippen LogP contribution in [-0.4, -0.2) is 22.6 Å². The Kier molecular flexibility index (Phi) is 4.16. The Hall–Kier alpha value is -1.88. The first-order chi connectivity index (χ1) is 10.6. The van der Waals surface area contributed by atoms with Crippen LogP contribution in [0, 0.1) is 6.92 Å². The van der Waals surface area contributed by atoms with E-state index >= 15 is 0 Å². The van der Waals surface area contributed by atoms with E-state index in [2.05, 4.69) is 17.1 Å². The third kappa shape index (κ3) is 2.73. The molecule has 1 aliphatic heterocycles. The molecule has 5 nitrogen and oxygen atoms in total. The zero-order valence-electron chi connectivity index (χ0n) is 12.7. The molecular weight excluding hydrogens is 302 g/mol. The predicted octanol–water partition coefficient (Wildman–Crippen LogP) is 3.50. The van der Waals surface area contributed by atoms with E-state index in [1.54, 1.807) is 11.0 Å². The van der Waals surface area contributed by atoms with E-state index in [1.807, 2.05) is 19.1 Å². The summed E-state index contributed by atoms with van der Waals surface area (Å²) in [6.07, 6.45) is 2.13. The number of carbonyl (C=O) groups excluding carboxylic acids is 1. The van der Waals surface area contributed by atoms with Crippen LogP contribution in [0.1, 0.15) is 43.0 Å². The average molecular weight is 320 g/mol. The second-order valence-electron chi connectivity index (χ2n) is 5.61. The lowest BCUT2D eigenvalue weighted by molar-refractivity contribution is -0.117. The molecular formula is C16H18ClN3O2. The maximum atomic E-state index is 12.4. The molecule has 1 atom stereocenters. The summed E-state index contributed by atoms with van der Waals surface area (Å²) in [7, 11) is 0. The fraction of sp³-hybridized carbons (Fsp3) is 0.438. The van der Waals surface area contributed by atoms with Gasteiger partial charge in [-0.05, 0) is 25.0 Å². The van der Waals surface area contributed by atoms with Crippen molar-refractivity contribution < 1.29 is 9.32 Å². The Balaban J connectivity index is 1.83. The fourth-order valence-electron chi connectivity index (χ4n) is 2.81. The second-order valence-corrected chi connectivity index (χ2v) is 6.02. The highest BCUT2D eigenvalue weighted by Gasteiger charge is 2.36. The van der Waals surface area contributed by atoms with Crippen LogP contribution >= 0.6 is 11.6 Å². The van der Waals surface area contributed by atoms with Gasteiger partial charge in [0.25, 0.3) is 0 Å². The highest BCUT2D eigenvalue weighted by Crippen LogP contribution is 2.36. The third-order valence-corrected chi connectivity index (χ3v) is 4.20. The van der Waals surface area contributed by atoms with Gasteiger partial charge in [0.1, 0.15) is 0 Å². The van der Waals surface area contributed by atoms with Gasteiger partial charge in [-0.1, -0.05) is 35.8 Å². The highest BCUT2D eigenvalue weighted by molar-refractivity contribution is 6.34. The molecule has 0 spiro atoms. The van der Waals surface area contributed by atoms with E-state index in [4.69, 9.17) is 16.1 Å². The molecule has 0 bridgehead atoms. The van der Waals surface area contributed by atoms with E-state index in [9.17, 15) is 4.79 Å². The van der Waals surface area contributed by atoms with Crippen molar-refractivity contribution in [1.29, 1.82) is 0 Å². The van der Waals surface area contributed by atoms with Crippen molar-refractivity contribution in [3.05, 3.63) is 40.5 Å². The maximum absolute atomic E-state index is 12.4. The van der Waals surface area contributed by atoms with Crippen LogP contribution in [0.15, 0.2) is 22.7 Å². The molecule has 1 amide bonds. The molecule has 0 saturated carbocycles. The Morgan fingerprint density at radius 2 is 2.27 bits per heavy atom. The smallest absolute Gasteiger partial charge is 0.232 e. The number of aromatic nitrogens is 2. The van der Waals surface area contributed by atoms with E-state index in [0.29, 0.717) is 29.7 Å². The number of halogens is 1. The predicted molar refractivity (Wildman–Crippen MR) is 84.2 cm³/mol. The number of carbonyl (C=O) groups is 1. The molecule has 116 valence electrons. The third-order valence-electron chi connectivity index (χ3n) is 3.89. The quantitative estimate of drug-likeness (QED) is 0.865. The number of aryl methyl sites for hydroxylation is 2. The zero-order valence-corrected chi connectivity index (χ0v) is 13.4. The second kappa shape index (κ2) is 6.08. The van der Waals surface area contributed by atoms with Gasteiger partial charge in [-0.2, -0.15) is 4.98 Å². The van der Waals surface area contributed by atoms with Crippen LogP contribution < -0.4 is 4.90 Å². The minimum atomic E-state index is -0.0683. The molecule has 1 aromatic carbocycles. The first kappa shape index (κ1) is 15.0. The number of amides is 1. The molecule has 3 rings (SSSR count). The SMILES string of the molecule is CCCc1noc(C2CC(=O)N(c3c(C)cccc3Cl)C2)n1. The van der Waals surface area contributed by atoms with Gasteiger partial charge in [-0.15, -0.1) is 0 Å². The standard InChI is InChI=1S/C16H18ClN3O2/c1-3-5-13-18-16(22-19-13)11-8-14(21)20(9-11)15-10(2)6-4-7-12(15)17/h4,6-7,11H,3,5,8-9H2,1-2H3. The van der Waals surface area contributed by atoms with Crippen LogP contribution in [0.2, 0.25) is 5.02 Å². The van der Waals surface area contributed by atoms with Gasteiger partial charge in [-0.3, -0.25) is 4.79 Å². The molecule has 1 aromatic heterocycles. The van der Waals surface area contributed by atoms with Gasteiger partial charge >= 0.3 is 0 Å². The lowest BCUT2D eigenvalue weighted by Crippen LogP contribution is -2.25. The van der Waals surface area contributed by atoms with Crippen molar-refractivity contribution in [2.75, 3.05) is 11.4 Å². The Morgan fingerprint density at radius 1 is 1.45 bits per heavy atom. The Bertz CT molecular complexity index is 678. The topological polar surface area (TPSA) is 59.2 Å². The Morgan fingerprint density at radius 3 is 3.00 bits per heavy atom. The summed E-state index contributed by atoms with van der Waals surface area (Å²) >= 11 is 6.27. The van der Waals surface area contributed by atoms with Gasteiger partial charge in [0.15, 0.2) is 5.82 Å². The van der Waals surface area contributed by atoms with Crippen molar-refractivity contribution in [1.82, 2.24) is 10.1 Å². The van der Waals surface area contributed by atoms with Gasteiger partial charge in [0.05, 0.1) is 16.6 Å². The van der Waals surface area contributed by atoms with Crippen LogP contribution in [-0.2, 0) is 11.2 Å². The summed E-state index contributed by atoms with van der Waals surface area (Å²) in [6.45, 7) is 4.54. The molecule has 2 heterocycles. The normalized spacial score (nSPS) is 18.2. The molecule has 2 aromatic rings. The number of benzene rings is 1. The molecule has 22 heavy (non-hydrogen) atoms. The maximum Gasteiger partial charge on any atom is 0.232 e. The van der Waals surface area contributed by atoms with Crippen LogP contribution in [0.3, 0.4) is 0 Å². The van der Waals surface area contributed by atoms with Crippen LogP contribution in [0.5, 0.6) is 0 Å². The number of hydrogen-bond donors (Lipinski definition) is 0. The minimum Gasteiger partial charge on any atom is -0.339 e. The van der Waals surface area contributed by atoms with Gasteiger partial charge < -0.3 is 9.42 Å². The first-order valence-corrected chi connectivity index (χ1v) is 7.86. The summed E-state index contributed by atoms with van der Waals surface area (Å²) in [5.74, 6) is 1.22. The lowest BCUT2D eigenvalue weighted by Gasteiger charge is -2.20. The van der Waals surface area contributed by atoms with Gasteiger partial charge in [0, 0.05) is 19.4 Å². The largest absolute Gasteiger partial charge is 0.339 e. The molecule has 1 unspecified atom stereocenters. The molecule has 1 saturated heterocycles. The number of para-hydroxylation sites is 1. The molecule has 0 aliphatic carbocycles. The van der Waals surface area contributed by atoms with Crippen LogP contribution in [0.4, 0.5) is 5.69 Å². The monoisotopic (exact) mass is 319 g/mol. The number of nitrogens with zero attached hydrogens (tertiary/aromatic N) is 3. The number of hydrogen-bond acceptors (Lipinski definition) is 4. The lowest BCUT2D eigenvalue weighted by atomic mass is 10.1. The highest BCUT2D eigenvalue weighted by atomic mass is 35.5. The molecule has 0 radical (unpaired) electrons. The summed E-state index contributed by atoms with van der Waals surface area (Å²) in [5.41, 5.74) is 1.77. The van der Waals surface area contributed by atoms with Crippen molar-refractivity contribution in [3.63, 3.8) is 0 Å². The van der Waals surface area contributed by atoms with Crippen molar-refractivity contribution in [2.45, 2.75) is 39.0 Å². The summed E-state index contributed by atoms with van der Waals surface area (Å²) < 4.78 is 5.32. The van der Waals surface area contributed by atoms with E-state index < -0.39 is 0 Å². The van der Waals surface area contributed by atoms with E-state index in [1.165, 1.54) is 0 Å². The molecule has 0 N–H and O–H groups in total. The zero-order chi connectivity index (χ0) is 15.7. The first-order valence-electron chi connectivity index (χ1n) is 7.48. The number of rotatable bonds is 4. The van der Waals surface area contributed by atoms with Crippen LogP contribution in [0.25, 0.3) is 0 Å². The van der Waals surface area contributed by atoms with Crippen molar-refractivity contribution >= 4 is 23.2 Å².